The molecule has 0 aromatic carbocycles. The number of hydrogen-bond donors (Lipinski definition) is 2. The maximum atomic E-state index is 11.9. The van der Waals surface area contributed by atoms with E-state index in [4.69, 9.17) is 5.11 Å². The summed E-state index contributed by atoms with van der Waals surface area (Å²) in [5, 5.41) is 12.2. The molecule has 0 aromatic heterocycles. The van der Waals surface area contributed by atoms with E-state index >= 15 is 0 Å². The summed E-state index contributed by atoms with van der Waals surface area (Å²) >= 11 is 0. The topological polar surface area (TPSA) is 52.6 Å². The zero-order valence-corrected chi connectivity index (χ0v) is 12.5. The summed E-state index contributed by atoms with van der Waals surface area (Å²) in [4.78, 5) is 14.1. The van der Waals surface area contributed by atoms with E-state index < -0.39 is 0 Å². The van der Waals surface area contributed by atoms with E-state index in [1.54, 1.807) is 0 Å². The molecule has 1 rings (SSSR count). The Morgan fingerprint density at radius 1 is 1.37 bits per heavy atom. The molecule has 1 aliphatic heterocycles. The van der Waals surface area contributed by atoms with Gasteiger partial charge < -0.3 is 10.4 Å². The average molecular weight is 270 g/mol. The second kappa shape index (κ2) is 9.32. The van der Waals surface area contributed by atoms with Gasteiger partial charge in [-0.2, -0.15) is 0 Å². The molecule has 0 radical (unpaired) electrons. The minimum absolute atomic E-state index is 0.145. The Balaban J connectivity index is 2.13. The maximum Gasteiger partial charge on any atom is 0.234 e. The second-order valence-electron chi connectivity index (χ2n) is 5.87. The molecule has 4 nitrogen and oxygen atoms in total. The van der Waals surface area contributed by atoms with Crippen molar-refractivity contribution < 1.29 is 9.90 Å². The van der Waals surface area contributed by atoms with E-state index in [9.17, 15) is 4.79 Å². The maximum absolute atomic E-state index is 11.9. The van der Waals surface area contributed by atoms with E-state index in [2.05, 4.69) is 24.1 Å². The molecular weight excluding hydrogens is 240 g/mol. The van der Waals surface area contributed by atoms with Crippen LogP contribution in [0, 0.1) is 5.92 Å². The molecule has 2 N–H and O–H groups in total. The van der Waals surface area contributed by atoms with Gasteiger partial charge in [-0.05, 0) is 45.2 Å². The van der Waals surface area contributed by atoms with Crippen molar-refractivity contribution in [2.24, 2.45) is 5.92 Å². The van der Waals surface area contributed by atoms with Crippen LogP contribution in [0.25, 0.3) is 0 Å². The van der Waals surface area contributed by atoms with Crippen molar-refractivity contribution in [3.63, 3.8) is 0 Å². The van der Waals surface area contributed by atoms with Crippen molar-refractivity contribution in [2.45, 2.75) is 58.4 Å². The third-order valence-corrected chi connectivity index (χ3v) is 3.98. The first-order chi connectivity index (χ1) is 9.15. The summed E-state index contributed by atoms with van der Waals surface area (Å²) in [6.45, 7) is 6.95. The van der Waals surface area contributed by atoms with Crippen LogP contribution in [-0.4, -0.2) is 48.2 Å². The highest BCUT2D eigenvalue weighted by Gasteiger charge is 2.20. The molecule has 0 spiro atoms. The Morgan fingerprint density at radius 2 is 2.05 bits per heavy atom. The lowest BCUT2D eigenvalue weighted by atomic mass is 9.98. The molecule has 1 saturated heterocycles. The number of nitrogens with zero attached hydrogens (tertiary/aromatic N) is 1. The SMILES string of the molecule is CCCCCC(C)NC(=O)CN1CCC(CO)CC1. The minimum atomic E-state index is 0.145. The van der Waals surface area contributed by atoms with Crippen molar-refractivity contribution in [3.05, 3.63) is 0 Å². The van der Waals surface area contributed by atoms with Crippen molar-refractivity contribution in [1.82, 2.24) is 10.2 Å². The lowest BCUT2D eigenvalue weighted by Crippen LogP contribution is -2.44. The molecule has 0 aliphatic carbocycles. The molecule has 1 atom stereocenters. The first-order valence-electron chi connectivity index (χ1n) is 7.78. The van der Waals surface area contributed by atoms with Gasteiger partial charge in [0.2, 0.25) is 5.91 Å². The fourth-order valence-electron chi connectivity index (χ4n) is 2.62. The number of aliphatic hydroxyl groups excluding tert-OH is 1. The molecule has 19 heavy (non-hydrogen) atoms. The highest BCUT2D eigenvalue weighted by molar-refractivity contribution is 5.78. The molecule has 1 fully saturated rings. The van der Waals surface area contributed by atoms with Gasteiger partial charge in [0.05, 0.1) is 6.54 Å². The van der Waals surface area contributed by atoms with Gasteiger partial charge >= 0.3 is 0 Å². The monoisotopic (exact) mass is 270 g/mol. The van der Waals surface area contributed by atoms with Crippen LogP contribution >= 0.6 is 0 Å². The summed E-state index contributed by atoms with van der Waals surface area (Å²) in [5.74, 6) is 0.582. The predicted molar refractivity (Wildman–Crippen MR) is 78.0 cm³/mol. The molecule has 1 unspecified atom stereocenters. The fourth-order valence-corrected chi connectivity index (χ4v) is 2.62. The summed E-state index contributed by atoms with van der Waals surface area (Å²) in [7, 11) is 0. The number of likely N-dealkylation sites (tertiary alicyclic amines) is 1. The van der Waals surface area contributed by atoms with E-state index in [0.717, 1.165) is 32.4 Å². The molecule has 0 aromatic rings. The van der Waals surface area contributed by atoms with Crippen LogP contribution in [0.4, 0.5) is 0 Å². The molecule has 1 heterocycles. The van der Waals surface area contributed by atoms with Crippen LogP contribution in [0.2, 0.25) is 0 Å². The second-order valence-corrected chi connectivity index (χ2v) is 5.87. The van der Waals surface area contributed by atoms with Crippen LogP contribution in [0.5, 0.6) is 0 Å². The van der Waals surface area contributed by atoms with Crippen molar-refractivity contribution in [1.29, 1.82) is 0 Å². The number of unbranched alkanes of at least 4 members (excludes halogenated alkanes) is 2. The highest BCUT2D eigenvalue weighted by Crippen LogP contribution is 2.15. The molecule has 1 amide bonds. The zero-order valence-electron chi connectivity index (χ0n) is 12.5. The van der Waals surface area contributed by atoms with Gasteiger partial charge in [-0.3, -0.25) is 9.69 Å². The van der Waals surface area contributed by atoms with Crippen molar-refractivity contribution in [2.75, 3.05) is 26.2 Å². The van der Waals surface area contributed by atoms with Crippen molar-refractivity contribution >= 4 is 5.91 Å². The third kappa shape index (κ3) is 6.92. The van der Waals surface area contributed by atoms with Crippen LogP contribution in [0.1, 0.15) is 52.4 Å². The molecule has 1 aliphatic rings. The van der Waals surface area contributed by atoms with Gasteiger partial charge in [-0.15, -0.1) is 0 Å². The fraction of sp³-hybridized carbons (Fsp3) is 0.933. The summed E-state index contributed by atoms with van der Waals surface area (Å²) in [6, 6.07) is 0.286. The number of piperidine rings is 1. The molecular formula is C15H30N2O2. The van der Waals surface area contributed by atoms with Gasteiger partial charge in [0, 0.05) is 12.6 Å². The van der Waals surface area contributed by atoms with Crippen LogP contribution in [0.3, 0.4) is 0 Å². The van der Waals surface area contributed by atoms with E-state index in [0.29, 0.717) is 12.5 Å². The van der Waals surface area contributed by atoms with Crippen LogP contribution in [-0.2, 0) is 4.79 Å². The first-order valence-corrected chi connectivity index (χ1v) is 7.78. The van der Waals surface area contributed by atoms with E-state index in [1.807, 2.05) is 0 Å². The zero-order chi connectivity index (χ0) is 14.1. The molecule has 112 valence electrons. The van der Waals surface area contributed by atoms with Gasteiger partial charge in [0.25, 0.3) is 0 Å². The van der Waals surface area contributed by atoms with Crippen LogP contribution < -0.4 is 5.32 Å². The first kappa shape index (κ1) is 16.4. The standard InChI is InChI=1S/C15H30N2O2/c1-3-4-5-6-13(2)16-15(19)11-17-9-7-14(12-18)8-10-17/h13-14,18H,3-12H2,1-2H3,(H,16,19). The number of rotatable bonds is 8. The number of aliphatic hydroxyl groups is 1. The number of carbonyl (C=O) groups excluding carboxylic acids is 1. The quantitative estimate of drug-likeness (QED) is 0.661. The smallest absolute Gasteiger partial charge is 0.234 e. The Bertz CT molecular complexity index is 251. The van der Waals surface area contributed by atoms with E-state index in [-0.39, 0.29) is 18.6 Å². The summed E-state index contributed by atoms with van der Waals surface area (Å²) < 4.78 is 0. The summed E-state index contributed by atoms with van der Waals surface area (Å²) in [5.41, 5.74) is 0. The minimum Gasteiger partial charge on any atom is -0.396 e. The highest BCUT2D eigenvalue weighted by atomic mass is 16.3. The molecule has 0 bridgehead atoms. The van der Waals surface area contributed by atoms with Gasteiger partial charge in [0.15, 0.2) is 0 Å². The third-order valence-electron chi connectivity index (χ3n) is 3.98. The number of hydrogen-bond acceptors (Lipinski definition) is 3. The number of amides is 1. The Kier molecular flexibility index (Phi) is 8.07. The lowest BCUT2D eigenvalue weighted by Gasteiger charge is -2.30. The summed E-state index contributed by atoms with van der Waals surface area (Å²) in [6.07, 6.45) is 6.76. The largest absolute Gasteiger partial charge is 0.396 e. The Hall–Kier alpha value is -0.610. The average Bonchev–Trinajstić information content (AvgIpc) is 2.39. The molecule has 4 heteroatoms. The van der Waals surface area contributed by atoms with Crippen LogP contribution in [0.15, 0.2) is 0 Å². The van der Waals surface area contributed by atoms with Gasteiger partial charge in [-0.1, -0.05) is 26.2 Å². The number of carbonyl (C=O) groups is 1. The number of nitrogens with one attached hydrogen (secondary N) is 1. The van der Waals surface area contributed by atoms with Gasteiger partial charge in [-0.25, -0.2) is 0 Å². The van der Waals surface area contributed by atoms with Crippen molar-refractivity contribution in [3.8, 4) is 0 Å². The Morgan fingerprint density at radius 3 is 2.63 bits per heavy atom. The van der Waals surface area contributed by atoms with E-state index in [1.165, 1.54) is 19.3 Å². The normalized spacial score (nSPS) is 19.3. The Labute approximate surface area is 117 Å². The predicted octanol–water partition coefficient (Wildman–Crippen LogP) is 1.78. The molecule has 0 saturated carbocycles. The lowest BCUT2D eigenvalue weighted by molar-refractivity contribution is -0.123. The van der Waals surface area contributed by atoms with Gasteiger partial charge in [0.1, 0.15) is 0 Å².